The van der Waals surface area contributed by atoms with Crippen LogP contribution in [0.3, 0.4) is 0 Å². The molecule has 2 aromatic rings. The van der Waals surface area contributed by atoms with Crippen LogP contribution in [0.2, 0.25) is 0 Å². The Morgan fingerprint density at radius 1 is 1.00 bits per heavy atom. The number of halogens is 1. The minimum Gasteiger partial charge on any atom is -0.493 e. The predicted molar refractivity (Wildman–Crippen MR) is 96.4 cm³/mol. The number of nitrogens with one attached hydrogen (secondary N) is 2. The van der Waals surface area contributed by atoms with Crippen molar-refractivity contribution in [3.8, 4) is 17.2 Å². The van der Waals surface area contributed by atoms with Gasteiger partial charge in [-0.15, -0.1) is 0 Å². The van der Waals surface area contributed by atoms with Crippen molar-refractivity contribution >= 4 is 6.03 Å². The molecule has 7 heteroatoms. The minimum absolute atomic E-state index is 0.271. The molecule has 140 valence electrons. The molecule has 6 nitrogen and oxygen atoms in total. The summed E-state index contributed by atoms with van der Waals surface area (Å²) in [7, 11) is 4.59. The van der Waals surface area contributed by atoms with Gasteiger partial charge in [0.25, 0.3) is 0 Å². The van der Waals surface area contributed by atoms with E-state index in [1.807, 2.05) is 0 Å². The van der Waals surface area contributed by atoms with E-state index in [9.17, 15) is 9.18 Å². The number of ether oxygens (including phenoxy) is 3. The van der Waals surface area contributed by atoms with Crippen molar-refractivity contribution in [1.29, 1.82) is 0 Å². The van der Waals surface area contributed by atoms with Crippen LogP contribution in [0.5, 0.6) is 17.2 Å². The van der Waals surface area contributed by atoms with E-state index < -0.39 is 0 Å². The van der Waals surface area contributed by atoms with Crippen LogP contribution in [-0.4, -0.2) is 33.9 Å². The summed E-state index contributed by atoms with van der Waals surface area (Å²) in [5.41, 5.74) is 1.36. The van der Waals surface area contributed by atoms with Gasteiger partial charge in [0.1, 0.15) is 5.82 Å². The van der Waals surface area contributed by atoms with Crippen LogP contribution < -0.4 is 24.8 Å². The summed E-state index contributed by atoms with van der Waals surface area (Å²) < 4.78 is 29.4. The van der Waals surface area contributed by atoms with E-state index in [1.165, 1.54) is 27.4 Å². The lowest BCUT2D eigenvalue weighted by atomic mass is 10.1. The second-order valence-electron chi connectivity index (χ2n) is 5.48. The van der Waals surface area contributed by atoms with Gasteiger partial charge in [-0.1, -0.05) is 18.2 Å². The second-order valence-corrected chi connectivity index (χ2v) is 5.48. The molecule has 0 saturated carbocycles. The molecular weight excluding hydrogens is 339 g/mol. The maximum Gasteiger partial charge on any atom is 0.315 e. The van der Waals surface area contributed by atoms with Crippen LogP contribution in [-0.2, 0) is 13.0 Å². The average molecular weight is 362 g/mol. The third-order valence-corrected chi connectivity index (χ3v) is 3.82. The molecule has 0 spiro atoms. The molecule has 0 aliphatic heterocycles. The van der Waals surface area contributed by atoms with Gasteiger partial charge < -0.3 is 24.8 Å². The molecule has 0 aliphatic rings. The topological polar surface area (TPSA) is 68.8 Å². The van der Waals surface area contributed by atoms with Gasteiger partial charge in [-0.2, -0.15) is 0 Å². The summed E-state index contributed by atoms with van der Waals surface area (Å²) >= 11 is 0. The van der Waals surface area contributed by atoms with E-state index in [1.54, 1.807) is 30.3 Å². The fourth-order valence-corrected chi connectivity index (χ4v) is 2.49. The fraction of sp³-hybridized carbons (Fsp3) is 0.316. The zero-order valence-electron chi connectivity index (χ0n) is 15.1. The second kappa shape index (κ2) is 9.50. The van der Waals surface area contributed by atoms with Crippen LogP contribution >= 0.6 is 0 Å². The Labute approximate surface area is 152 Å². The molecule has 0 fully saturated rings. The first-order chi connectivity index (χ1) is 12.6. The summed E-state index contributed by atoms with van der Waals surface area (Å²) in [5.74, 6) is 1.26. The van der Waals surface area contributed by atoms with E-state index in [4.69, 9.17) is 14.2 Å². The number of benzene rings is 2. The van der Waals surface area contributed by atoms with Crippen LogP contribution in [0.1, 0.15) is 11.1 Å². The zero-order chi connectivity index (χ0) is 18.9. The van der Waals surface area contributed by atoms with Crippen molar-refractivity contribution in [2.24, 2.45) is 0 Å². The van der Waals surface area contributed by atoms with Crippen molar-refractivity contribution in [2.45, 2.75) is 13.0 Å². The molecule has 0 bridgehead atoms. The van der Waals surface area contributed by atoms with Gasteiger partial charge in [0.05, 0.1) is 21.3 Å². The number of rotatable bonds is 8. The number of carbonyl (C=O) groups excluding carboxylic acids is 1. The molecule has 2 N–H and O–H groups in total. The Kier molecular flexibility index (Phi) is 7.08. The fourth-order valence-electron chi connectivity index (χ4n) is 2.49. The van der Waals surface area contributed by atoms with Crippen molar-refractivity contribution < 1.29 is 23.4 Å². The molecular formula is C19H23FN2O4. The lowest BCUT2D eigenvalue weighted by molar-refractivity contribution is 0.240. The minimum atomic E-state index is -0.338. The van der Waals surface area contributed by atoms with Crippen molar-refractivity contribution in [3.63, 3.8) is 0 Å². The quantitative estimate of drug-likeness (QED) is 0.758. The van der Waals surface area contributed by atoms with Gasteiger partial charge in [-0.05, 0) is 35.7 Å². The molecule has 0 unspecified atom stereocenters. The summed E-state index contributed by atoms with van der Waals surface area (Å²) in [6.45, 7) is 0.615. The standard InChI is InChI=1S/C19H23FN2O4/c1-24-16-10-13(11-17(25-2)18(16)26-3)12-22-19(23)21-9-8-14-6-4-5-7-15(14)20/h4-7,10-11H,8-9,12H2,1-3H3,(H2,21,22,23). The molecule has 0 radical (unpaired) electrons. The van der Waals surface area contributed by atoms with Crippen molar-refractivity contribution in [3.05, 3.63) is 53.3 Å². The first-order valence-corrected chi connectivity index (χ1v) is 8.13. The SMILES string of the molecule is COc1cc(CNC(=O)NCCc2ccccc2F)cc(OC)c1OC. The number of carbonyl (C=O) groups is 1. The monoisotopic (exact) mass is 362 g/mol. The van der Waals surface area contributed by atoms with Gasteiger partial charge in [-0.3, -0.25) is 0 Å². The van der Waals surface area contributed by atoms with Crippen LogP contribution in [0.15, 0.2) is 36.4 Å². The smallest absolute Gasteiger partial charge is 0.315 e. The molecule has 0 aliphatic carbocycles. The summed E-state index contributed by atoms with van der Waals surface area (Å²) in [5, 5.41) is 5.45. The Morgan fingerprint density at radius 2 is 1.65 bits per heavy atom. The number of hydrogen-bond acceptors (Lipinski definition) is 4. The Morgan fingerprint density at radius 3 is 2.23 bits per heavy atom. The Balaban J connectivity index is 1.88. The molecule has 2 aromatic carbocycles. The molecule has 0 atom stereocenters. The third-order valence-electron chi connectivity index (χ3n) is 3.82. The van der Waals surface area contributed by atoms with E-state index in [2.05, 4.69) is 10.6 Å². The van der Waals surface area contributed by atoms with E-state index in [-0.39, 0.29) is 18.4 Å². The average Bonchev–Trinajstić information content (AvgIpc) is 2.66. The van der Waals surface area contributed by atoms with Crippen molar-refractivity contribution in [2.75, 3.05) is 27.9 Å². The summed E-state index contributed by atoms with van der Waals surface area (Å²) in [4.78, 5) is 11.9. The van der Waals surface area contributed by atoms with Crippen LogP contribution in [0.25, 0.3) is 0 Å². The highest BCUT2D eigenvalue weighted by atomic mass is 19.1. The van der Waals surface area contributed by atoms with E-state index in [0.29, 0.717) is 35.8 Å². The molecule has 0 aromatic heterocycles. The van der Waals surface area contributed by atoms with Gasteiger partial charge in [-0.25, -0.2) is 9.18 Å². The molecule has 26 heavy (non-hydrogen) atoms. The highest BCUT2D eigenvalue weighted by molar-refractivity contribution is 5.73. The van der Waals surface area contributed by atoms with Crippen LogP contribution in [0, 0.1) is 5.82 Å². The summed E-state index contributed by atoms with van der Waals surface area (Å²) in [6, 6.07) is 9.70. The highest BCUT2D eigenvalue weighted by Crippen LogP contribution is 2.38. The van der Waals surface area contributed by atoms with Crippen molar-refractivity contribution in [1.82, 2.24) is 10.6 Å². The first-order valence-electron chi connectivity index (χ1n) is 8.13. The van der Waals surface area contributed by atoms with E-state index in [0.717, 1.165) is 5.56 Å². The normalized spacial score (nSPS) is 10.2. The van der Waals surface area contributed by atoms with Gasteiger partial charge in [0, 0.05) is 13.1 Å². The number of hydrogen-bond donors (Lipinski definition) is 2. The van der Waals surface area contributed by atoms with Gasteiger partial charge in [0.15, 0.2) is 11.5 Å². The van der Waals surface area contributed by atoms with Gasteiger partial charge in [0.2, 0.25) is 5.75 Å². The summed E-state index contributed by atoms with van der Waals surface area (Å²) in [6.07, 6.45) is 0.421. The lowest BCUT2D eigenvalue weighted by Crippen LogP contribution is -2.36. The maximum atomic E-state index is 13.5. The largest absolute Gasteiger partial charge is 0.493 e. The molecule has 2 rings (SSSR count). The molecule has 0 saturated heterocycles. The van der Waals surface area contributed by atoms with Gasteiger partial charge >= 0.3 is 6.03 Å². The predicted octanol–water partition coefficient (Wildman–Crippen LogP) is 2.89. The number of urea groups is 1. The number of amides is 2. The lowest BCUT2D eigenvalue weighted by Gasteiger charge is -2.14. The zero-order valence-corrected chi connectivity index (χ0v) is 15.1. The highest BCUT2D eigenvalue weighted by Gasteiger charge is 2.13. The Bertz CT molecular complexity index is 727. The molecule has 2 amide bonds. The number of methoxy groups -OCH3 is 3. The molecule has 0 heterocycles. The third kappa shape index (κ3) is 5.02. The maximum absolute atomic E-state index is 13.5. The van der Waals surface area contributed by atoms with Crippen LogP contribution in [0.4, 0.5) is 9.18 Å². The Hall–Kier alpha value is -2.96. The van der Waals surface area contributed by atoms with E-state index >= 15 is 0 Å². The first kappa shape index (κ1) is 19.4.